The van der Waals surface area contributed by atoms with Gasteiger partial charge in [-0.05, 0) is 218 Å². The van der Waals surface area contributed by atoms with E-state index in [2.05, 4.69) is 195 Å². The van der Waals surface area contributed by atoms with Crippen LogP contribution in [0.5, 0.6) is 0 Å². The summed E-state index contributed by atoms with van der Waals surface area (Å²) in [5, 5.41) is 38.0. The van der Waals surface area contributed by atoms with Crippen molar-refractivity contribution in [2.75, 3.05) is 57.3 Å². The highest BCUT2D eigenvalue weighted by atomic mass is 35.5. The number of nitrogens with zero attached hydrogens (tertiary/aromatic N) is 10. The summed E-state index contributed by atoms with van der Waals surface area (Å²) >= 11 is 6.10. The first-order chi connectivity index (χ1) is 45.5. The van der Waals surface area contributed by atoms with Crippen molar-refractivity contribution in [3.63, 3.8) is 0 Å². The zero-order chi connectivity index (χ0) is 64.0. The summed E-state index contributed by atoms with van der Waals surface area (Å²) in [5.74, 6) is 1.88. The lowest BCUT2D eigenvalue weighted by molar-refractivity contribution is 0.108. The molecule has 3 N–H and O–H groups in total. The van der Waals surface area contributed by atoms with Crippen LogP contribution in [0, 0.1) is 0 Å². The molecule has 93 heavy (non-hydrogen) atoms. The number of likely N-dealkylation sites (tertiary alicyclic amines) is 2. The first-order valence-electron chi connectivity index (χ1n) is 33.1. The van der Waals surface area contributed by atoms with Crippen molar-refractivity contribution in [1.82, 2.24) is 50.2 Å². The summed E-state index contributed by atoms with van der Waals surface area (Å²) in [4.78, 5) is 29.6. The second-order valence-electron chi connectivity index (χ2n) is 25.5. The van der Waals surface area contributed by atoms with Gasteiger partial charge in [0.25, 0.3) is 0 Å². The van der Waals surface area contributed by atoms with Crippen molar-refractivity contribution in [2.45, 2.75) is 102 Å². The molecule has 13 nitrogen and oxygen atoms in total. The lowest BCUT2D eigenvalue weighted by atomic mass is 9.89. The second kappa shape index (κ2) is 30.8. The van der Waals surface area contributed by atoms with Crippen LogP contribution in [-0.2, 0) is 0 Å². The van der Waals surface area contributed by atoms with E-state index in [1.165, 1.54) is 56.6 Å². The van der Waals surface area contributed by atoms with Crippen LogP contribution < -0.4 is 10.2 Å². The number of piperidine rings is 2. The van der Waals surface area contributed by atoms with Crippen molar-refractivity contribution >= 4 is 39.0 Å². The van der Waals surface area contributed by atoms with E-state index in [4.69, 9.17) is 31.8 Å². The van der Waals surface area contributed by atoms with Crippen LogP contribution >= 0.6 is 11.6 Å². The SMILES string of the molecule is CC(C)NC[C@H]1CCCN1c1cc(-c2ccncc2)c(-c2ccc(Cl)cc2)cn1.C[C@@H](O)CN1CCC(c2cc(-c3ccncc3)c(-c3ccc4ccccc4c3)cn2)CC1.C[C@@H](O)CN1CCC(c2cc(-c3ccncc3)c(-c3ccc4ccccc4c3)nn2)CC1. The molecule has 3 aliphatic heterocycles. The summed E-state index contributed by atoms with van der Waals surface area (Å²) in [6.07, 6.45) is 21.2. The number of anilines is 1. The highest BCUT2D eigenvalue weighted by Crippen LogP contribution is 2.40. The Bertz CT molecular complexity index is 4010. The number of hydrogen-bond donors (Lipinski definition) is 3. The number of aromatic nitrogens is 7. The number of aliphatic hydroxyl groups excluding tert-OH is 2. The van der Waals surface area contributed by atoms with Gasteiger partial charge in [-0.25, -0.2) is 4.98 Å². The van der Waals surface area contributed by atoms with Gasteiger partial charge < -0.3 is 30.2 Å². The van der Waals surface area contributed by atoms with Crippen molar-refractivity contribution < 1.29 is 10.2 Å². The van der Waals surface area contributed by atoms with Gasteiger partial charge in [-0.15, -0.1) is 5.10 Å². The molecule has 0 amide bonds. The number of benzene rings is 5. The average Bonchev–Trinajstić information content (AvgIpc) is 1.27. The molecule has 0 spiro atoms. The fourth-order valence-electron chi connectivity index (χ4n) is 13.5. The molecule has 9 heterocycles. The third-order valence-electron chi connectivity index (χ3n) is 18.3. The first kappa shape index (κ1) is 64.4. The van der Waals surface area contributed by atoms with Gasteiger partial charge >= 0.3 is 0 Å². The molecule has 14 heteroatoms. The molecule has 14 rings (SSSR count). The largest absolute Gasteiger partial charge is 0.392 e. The molecule has 3 saturated heterocycles. The van der Waals surface area contributed by atoms with E-state index in [-0.39, 0.29) is 12.2 Å². The third kappa shape index (κ3) is 16.4. The van der Waals surface area contributed by atoms with Crippen LogP contribution in [0.2, 0.25) is 5.02 Å². The number of fused-ring (bicyclic) bond motifs is 2. The normalized spacial score (nSPS) is 16.4. The van der Waals surface area contributed by atoms with Gasteiger partial charge in [0.05, 0.1) is 17.9 Å². The van der Waals surface area contributed by atoms with Gasteiger partial charge in [0.2, 0.25) is 0 Å². The van der Waals surface area contributed by atoms with Crippen molar-refractivity contribution in [3.05, 3.63) is 230 Å². The second-order valence-corrected chi connectivity index (χ2v) is 25.9. The smallest absolute Gasteiger partial charge is 0.129 e. The zero-order valence-electron chi connectivity index (χ0n) is 53.8. The average molecular weight is 1260 g/mol. The predicted octanol–water partition coefficient (Wildman–Crippen LogP) is 15.9. The van der Waals surface area contributed by atoms with Crippen LogP contribution in [0.1, 0.15) is 89.4 Å². The van der Waals surface area contributed by atoms with Gasteiger partial charge in [0.15, 0.2) is 0 Å². The number of nitrogens with one attached hydrogen (secondary N) is 1. The lowest BCUT2D eigenvalue weighted by Crippen LogP contribution is -2.40. The summed E-state index contributed by atoms with van der Waals surface area (Å²) in [6, 6.07) is 58.0. The number of rotatable bonds is 16. The molecule has 3 atom stereocenters. The Morgan fingerprint density at radius 3 is 1.47 bits per heavy atom. The highest BCUT2D eigenvalue weighted by molar-refractivity contribution is 6.30. The van der Waals surface area contributed by atoms with Gasteiger partial charge in [-0.1, -0.05) is 110 Å². The minimum Gasteiger partial charge on any atom is -0.392 e. The fourth-order valence-corrected chi connectivity index (χ4v) is 13.6. The Morgan fingerprint density at radius 2 is 0.914 bits per heavy atom. The minimum atomic E-state index is -0.286. The van der Waals surface area contributed by atoms with E-state index in [1.54, 1.807) is 0 Å². The monoisotopic (exact) mass is 1250 g/mol. The van der Waals surface area contributed by atoms with Gasteiger partial charge in [-0.3, -0.25) is 19.9 Å². The first-order valence-corrected chi connectivity index (χ1v) is 33.5. The Morgan fingerprint density at radius 1 is 0.452 bits per heavy atom. The van der Waals surface area contributed by atoms with E-state index in [9.17, 15) is 10.2 Å². The van der Waals surface area contributed by atoms with E-state index >= 15 is 0 Å². The topological polar surface area (TPSA) is 152 Å². The number of aliphatic hydroxyl groups is 2. The van der Waals surface area contributed by atoms with E-state index < -0.39 is 0 Å². The van der Waals surface area contributed by atoms with E-state index in [1.807, 2.05) is 81.5 Å². The fraction of sp³-hybridized carbons (Fsp3) is 0.304. The molecule has 3 fully saturated rings. The van der Waals surface area contributed by atoms with Crippen molar-refractivity contribution in [1.29, 1.82) is 0 Å². The summed E-state index contributed by atoms with van der Waals surface area (Å²) in [6.45, 7) is 15.6. The molecule has 0 bridgehead atoms. The molecular formula is C79H84ClN11O2. The van der Waals surface area contributed by atoms with Crippen LogP contribution in [0.4, 0.5) is 5.82 Å². The minimum absolute atomic E-state index is 0.274. The maximum absolute atomic E-state index is 9.70. The maximum atomic E-state index is 9.70. The van der Waals surface area contributed by atoms with Crippen LogP contribution in [0.3, 0.4) is 0 Å². The Hall–Kier alpha value is -8.66. The number of halogens is 1. The summed E-state index contributed by atoms with van der Waals surface area (Å²) in [5.41, 5.74) is 15.6. The lowest BCUT2D eigenvalue weighted by Gasteiger charge is -2.32. The van der Waals surface area contributed by atoms with Crippen LogP contribution in [0.25, 0.3) is 88.4 Å². The van der Waals surface area contributed by atoms with Gasteiger partial charge in [-0.2, -0.15) is 5.10 Å². The predicted molar refractivity (Wildman–Crippen MR) is 380 cm³/mol. The number of pyridine rings is 5. The van der Waals surface area contributed by atoms with Crippen molar-refractivity contribution in [2.24, 2.45) is 0 Å². The molecule has 6 aromatic heterocycles. The molecule has 0 aliphatic carbocycles. The molecule has 11 aromatic rings. The molecule has 5 aromatic carbocycles. The Labute approximate surface area is 552 Å². The standard InChI is InChI=1S/C28H29N3O.C27H28N4O.C24H27ClN4/c1-20(32)19-31-14-10-23(11-15-31)28-17-26(22-8-12-29-13-9-22)27(18-30-28)25-7-6-21-4-2-3-5-24(21)16-25;1-19(32)18-31-14-10-22(11-15-31)26-17-25(21-8-12-28-13-9-21)27(30-29-26)24-7-6-20-4-2-3-5-23(20)16-24;1-17(2)27-15-21-4-3-13-29(21)24-14-22(19-9-11-26-12-10-19)23(16-28-24)18-5-7-20(25)8-6-18/h2-9,12-13,16-18,20,23,32H,10-11,14-15,19H2,1H3;2-9,12-13,16-17,19,22,32H,10-11,14-15,18H2,1H3;5-12,14,16-17,21,27H,3-4,13,15H2,1-2H3/t20-;19-;21-/m111/s1. The summed E-state index contributed by atoms with van der Waals surface area (Å²) in [7, 11) is 0. The van der Waals surface area contributed by atoms with Crippen LogP contribution in [0.15, 0.2) is 213 Å². The highest BCUT2D eigenvalue weighted by Gasteiger charge is 2.28. The molecule has 0 unspecified atom stereocenters. The summed E-state index contributed by atoms with van der Waals surface area (Å²) < 4.78 is 0. The molecule has 3 aliphatic rings. The Balaban J connectivity index is 0.000000134. The number of hydrogen-bond acceptors (Lipinski definition) is 13. The van der Waals surface area contributed by atoms with Gasteiger partial charge in [0, 0.05) is 133 Å². The van der Waals surface area contributed by atoms with E-state index in [0.717, 1.165) is 145 Å². The van der Waals surface area contributed by atoms with Gasteiger partial charge in [0.1, 0.15) is 11.5 Å². The molecule has 474 valence electrons. The third-order valence-corrected chi connectivity index (χ3v) is 18.6. The molecular weight excluding hydrogens is 1170 g/mol. The van der Waals surface area contributed by atoms with Crippen LogP contribution in [-0.4, -0.2) is 132 Å². The molecule has 0 radical (unpaired) electrons. The Kier molecular flexibility index (Phi) is 21.4. The quantitative estimate of drug-likeness (QED) is 0.0842. The zero-order valence-corrected chi connectivity index (χ0v) is 54.6. The maximum Gasteiger partial charge on any atom is 0.129 e. The number of β-amino-alcohol motifs (C(OH)–C–C–N with tert-alkyl or cyclic N) is 2. The molecule has 0 saturated carbocycles. The van der Waals surface area contributed by atoms with E-state index in [0.29, 0.717) is 23.9 Å². The van der Waals surface area contributed by atoms with Crippen molar-refractivity contribution in [3.8, 4) is 66.9 Å².